The lowest BCUT2D eigenvalue weighted by molar-refractivity contribution is -0.142. The van der Waals surface area contributed by atoms with Gasteiger partial charge in [0.05, 0.1) is 12.7 Å². The highest BCUT2D eigenvalue weighted by Gasteiger charge is 2.49. The minimum atomic E-state index is -0.445. The van der Waals surface area contributed by atoms with E-state index in [0.29, 0.717) is 24.7 Å². The number of allylic oxidation sites excluding steroid dienone is 2. The number of ketones is 1. The molecule has 0 spiro atoms. The summed E-state index contributed by atoms with van der Waals surface area (Å²) in [5.74, 6) is 0.363. The van der Waals surface area contributed by atoms with Crippen LogP contribution >= 0.6 is 0 Å². The van der Waals surface area contributed by atoms with Crippen molar-refractivity contribution in [3.63, 3.8) is 0 Å². The van der Waals surface area contributed by atoms with Gasteiger partial charge in [-0.05, 0) is 56.9 Å². The average molecular weight is 264 g/mol. The first-order chi connectivity index (χ1) is 8.81. The van der Waals surface area contributed by atoms with E-state index < -0.39 is 5.79 Å². The maximum absolute atomic E-state index is 11.9. The summed E-state index contributed by atoms with van der Waals surface area (Å²) >= 11 is 0. The van der Waals surface area contributed by atoms with Gasteiger partial charge in [-0.25, -0.2) is 0 Å². The van der Waals surface area contributed by atoms with Gasteiger partial charge in [0.1, 0.15) is 0 Å². The van der Waals surface area contributed by atoms with Gasteiger partial charge in [0, 0.05) is 6.42 Å². The van der Waals surface area contributed by atoms with Crippen molar-refractivity contribution in [3.8, 4) is 0 Å². The van der Waals surface area contributed by atoms with Crippen molar-refractivity contribution in [2.24, 2.45) is 11.3 Å². The van der Waals surface area contributed by atoms with E-state index in [-0.39, 0.29) is 11.5 Å². The molecule has 0 aromatic carbocycles. The van der Waals surface area contributed by atoms with Crippen LogP contribution in [0.25, 0.3) is 0 Å². The first kappa shape index (κ1) is 13.3. The maximum Gasteiger partial charge on any atom is 0.163 e. The second-order valence-corrected chi connectivity index (χ2v) is 7.14. The lowest BCUT2D eigenvalue weighted by Crippen LogP contribution is -2.30. The van der Waals surface area contributed by atoms with Gasteiger partial charge in [-0.1, -0.05) is 12.5 Å². The summed E-state index contributed by atoms with van der Waals surface area (Å²) in [4.78, 5) is 11.9. The molecule has 0 aromatic heterocycles. The van der Waals surface area contributed by atoms with Gasteiger partial charge >= 0.3 is 0 Å². The second kappa shape index (κ2) is 4.16. The molecule has 3 heteroatoms. The Bertz CT molecular complexity index is 449. The van der Waals surface area contributed by atoms with Crippen molar-refractivity contribution in [3.05, 3.63) is 11.1 Å². The van der Waals surface area contributed by atoms with Crippen LogP contribution in [0.4, 0.5) is 0 Å². The molecule has 1 saturated heterocycles. The molecule has 1 heterocycles. The molecule has 3 nitrogen and oxygen atoms in total. The molecular weight excluding hydrogens is 240 g/mol. The number of carbonyl (C=O) groups is 1. The smallest absolute Gasteiger partial charge is 0.163 e. The third kappa shape index (κ3) is 2.17. The molecule has 0 amide bonds. The number of hydrogen-bond acceptors (Lipinski definition) is 3. The third-order valence-electron chi connectivity index (χ3n) is 5.28. The Kier molecular flexibility index (Phi) is 2.92. The monoisotopic (exact) mass is 264 g/mol. The zero-order chi connectivity index (χ0) is 13.8. The van der Waals surface area contributed by atoms with E-state index in [4.69, 9.17) is 9.47 Å². The van der Waals surface area contributed by atoms with Gasteiger partial charge in [-0.2, -0.15) is 0 Å². The number of carbonyl (C=O) groups excluding carboxylic acids is 1. The Morgan fingerprint density at radius 3 is 2.68 bits per heavy atom. The van der Waals surface area contributed by atoms with E-state index >= 15 is 0 Å². The van der Waals surface area contributed by atoms with Crippen LogP contribution in [0.1, 0.15) is 53.4 Å². The molecule has 2 aliphatic carbocycles. The normalized spacial score (nSPS) is 41.2. The molecule has 19 heavy (non-hydrogen) atoms. The molecule has 106 valence electrons. The number of rotatable bonds is 2. The van der Waals surface area contributed by atoms with E-state index in [2.05, 4.69) is 6.92 Å². The summed E-state index contributed by atoms with van der Waals surface area (Å²) in [6.07, 6.45) is 4.17. The topological polar surface area (TPSA) is 35.5 Å². The highest BCUT2D eigenvalue weighted by molar-refractivity contribution is 5.99. The van der Waals surface area contributed by atoms with Crippen LogP contribution in [-0.2, 0) is 14.3 Å². The standard InChI is InChI=1S/C16H24O3/c1-10-12-5-6-16(4,13(12)7-14(10)17)8-11-9-18-15(2,3)19-11/h11,13H,5-9H2,1-4H3/t11-,13-,16+/m0/s1. The van der Waals surface area contributed by atoms with Gasteiger partial charge in [-0.3, -0.25) is 4.79 Å². The van der Waals surface area contributed by atoms with Crippen molar-refractivity contribution >= 4 is 5.78 Å². The molecule has 3 aliphatic rings. The molecule has 0 bridgehead atoms. The van der Waals surface area contributed by atoms with Crippen LogP contribution in [0.5, 0.6) is 0 Å². The van der Waals surface area contributed by atoms with E-state index in [0.717, 1.165) is 18.4 Å². The zero-order valence-electron chi connectivity index (χ0n) is 12.4. The summed E-state index contributed by atoms with van der Waals surface area (Å²) < 4.78 is 11.6. The van der Waals surface area contributed by atoms with Crippen LogP contribution in [0.15, 0.2) is 11.1 Å². The Morgan fingerprint density at radius 1 is 1.32 bits per heavy atom. The second-order valence-electron chi connectivity index (χ2n) is 7.14. The molecule has 2 fully saturated rings. The van der Waals surface area contributed by atoms with Crippen LogP contribution in [0, 0.1) is 11.3 Å². The fourth-order valence-corrected chi connectivity index (χ4v) is 4.15. The molecule has 0 unspecified atom stereocenters. The summed E-state index contributed by atoms with van der Waals surface area (Å²) in [6.45, 7) is 8.95. The number of Topliss-reactive ketones (excluding diaryl/α,β-unsaturated/α-hetero) is 1. The third-order valence-corrected chi connectivity index (χ3v) is 5.28. The first-order valence-corrected chi connectivity index (χ1v) is 7.35. The van der Waals surface area contributed by atoms with Gasteiger partial charge in [0.15, 0.2) is 11.6 Å². The number of ether oxygens (including phenoxy) is 2. The molecule has 1 aliphatic heterocycles. The molecule has 3 rings (SSSR count). The van der Waals surface area contributed by atoms with Crippen LogP contribution in [0.2, 0.25) is 0 Å². The Morgan fingerprint density at radius 2 is 2.05 bits per heavy atom. The van der Waals surface area contributed by atoms with Crippen molar-refractivity contribution in [2.45, 2.75) is 65.3 Å². The molecule has 0 radical (unpaired) electrons. The molecule has 3 atom stereocenters. The minimum Gasteiger partial charge on any atom is -0.348 e. The number of fused-ring (bicyclic) bond motifs is 1. The van der Waals surface area contributed by atoms with E-state index in [1.807, 2.05) is 20.8 Å². The average Bonchev–Trinajstić information content (AvgIpc) is 2.89. The van der Waals surface area contributed by atoms with Crippen molar-refractivity contribution in [1.82, 2.24) is 0 Å². The Labute approximate surface area is 115 Å². The molecular formula is C16H24O3. The summed E-state index contributed by atoms with van der Waals surface area (Å²) in [5, 5.41) is 0. The summed E-state index contributed by atoms with van der Waals surface area (Å²) in [5.41, 5.74) is 2.67. The maximum atomic E-state index is 11.9. The van der Waals surface area contributed by atoms with Crippen molar-refractivity contribution in [1.29, 1.82) is 0 Å². The van der Waals surface area contributed by atoms with Crippen molar-refractivity contribution in [2.75, 3.05) is 6.61 Å². The highest BCUT2D eigenvalue weighted by Crippen LogP contribution is 2.55. The van der Waals surface area contributed by atoms with Gasteiger partial charge in [0.25, 0.3) is 0 Å². The summed E-state index contributed by atoms with van der Waals surface area (Å²) in [6, 6.07) is 0. The van der Waals surface area contributed by atoms with Crippen LogP contribution < -0.4 is 0 Å². The largest absolute Gasteiger partial charge is 0.348 e. The quantitative estimate of drug-likeness (QED) is 0.768. The highest BCUT2D eigenvalue weighted by atomic mass is 16.7. The summed E-state index contributed by atoms with van der Waals surface area (Å²) in [7, 11) is 0. The predicted molar refractivity (Wildman–Crippen MR) is 72.7 cm³/mol. The number of hydrogen-bond donors (Lipinski definition) is 0. The fraction of sp³-hybridized carbons (Fsp3) is 0.812. The molecule has 0 N–H and O–H groups in total. The van der Waals surface area contributed by atoms with Gasteiger partial charge < -0.3 is 9.47 Å². The van der Waals surface area contributed by atoms with Crippen molar-refractivity contribution < 1.29 is 14.3 Å². The molecule has 0 aromatic rings. The zero-order valence-corrected chi connectivity index (χ0v) is 12.4. The van der Waals surface area contributed by atoms with E-state index in [9.17, 15) is 4.79 Å². The Hall–Kier alpha value is -0.670. The Balaban J connectivity index is 1.74. The van der Waals surface area contributed by atoms with Gasteiger partial charge in [0.2, 0.25) is 0 Å². The SMILES string of the molecule is CC1=C2CC[C@](C)(C[C@H]3COC(C)(C)O3)[C@H]2CC1=O. The van der Waals surface area contributed by atoms with E-state index in [1.54, 1.807) is 0 Å². The lowest BCUT2D eigenvalue weighted by atomic mass is 9.74. The molecule has 1 saturated carbocycles. The fourth-order valence-electron chi connectivity index (χ4n) is 4.15. The minimum absolute atomic E-state index is 0.176. The van der Waals surface area contributed by atoms with Gasteiger partial charge in [-0.15, -0.1) is 0 Å². The van der Waals surface area contributed by atoms with Crippen LogP contribution in [-0.4, -0.2) is 24.3 Å². The van der Waals surface area contributed by atoms with E-state index in [1.165, 1.54) is 12.0 Å². The van der Waals surface area contributed by atoms with Crippen LogP contribution in [0.3, 0.4) is 0 Å². The first-order valence-electron chi connectivity index (χ1n) is 7.35. The lowest BCUT2D eigenvalue weighted by Gasteiger charge is -2.32. The predicted octanol–water partition coefficient (Wildman–Crippen LogP) is 3.23.